The number of hydrogen-bond acceptors (Lipinski definition) is 3. The van der Waals surface area contributed by atoms with Crippen LogP contribution in [0.5, 0.6) is 0 Å². The van der Waals surface area contributed by atoms with Crippen LogP contribution in [0.1, 0.15) is 11.1 Å². The zero-order chi connectivity index (χ0) is 15.7. The van der Waals surface area contributed by atoms with Crippen molar-refractivity contribution in [2.45, 2.75) is 11.9 Å². The Kier molecular flexibility index (Phi) is 4.22. The topological polar surface area (TPSA) is 26.0 Å². The van der Waals surface area contributed by atoms with Gasteiger partial charge in [0.05, 0.1) is 5.56 Å². The van der Waals surface area contributed by atoms with Gasteiger partial charge in [-0.05, 0) is 41.6 Å². The van der Waals surface area contributed by atoms with Crippen molar-refractivity contribution in [2.24, 2.45) is 0 Å². The summed E-state index contributed by atoms with van der Waals surface area (Å²) in [6.07, 6.45) is -4.34. The summed E-state index contributed by atoms with van der Waals surface area (Å²) < 4.78 is 43.4. The fourth-order valence-electron chi connectivity index (χ4n) is 2.14. The van der Waals surface area contributed by atoms with E-state index in [1.54, 1.807) is 16.2 Å². The van der Waals surface area contributed by atoms with Crippen molar-refractivity contribution in [3.63, 3.8) is 0 Å². The minimum absolute atomic E-state index is 0.324. The summed E-state index contributed by atoms with van der Waals surface area (Å²) in [7, 11) is 1.59. The van der Waals surface area contributed by atoms with Gasteiger partial charge >= 0.3 is 6.18 Å². The van der Waals surface area contributed by atoms with E-state index in [9.17, 15) is 13.2 Å². The largest absolute Gasteiger partial charge is 0.436 e. The number of fused-ring (bicyclic) bond motifs is 1. The maximum atomic E-state index is 12.6. The number of hydrogen-bond donors (Lipinski definition) is 0. The zero-order valence-electron chi connectivity index (χ0n) is 11.2. The standard InChI is InChI=1S/C15H10F3NOS.Al/c16-15(17,18)11-6-4-9(5-7-11)14-19-13-10(8-21)2-1-3-12(13)20-14;/h1-7,21H,8H2;/q;+1/p-1. The molecule has 0 spiro atoms. The molecule has 2 aromatic carbocycles. The molecule has 0 aliphatic heterocycles. The van der Waals surface area contributed by atoms with Gasteiger partial charge in [0.25, 0.3) is 0 Å². The lowest BCUT2D eigenvalue weighted by atomic mass is 10.1. The molecule has 0 saturated carbocycles. The minimum atomic E-state index is -4.34. The van der Waals surface area contributed by atoms with Gasteiger partial charge < -0.3 is 4.42 Å². The summed E-state index contributed by atoms with van der Waals surface area (Å²) in [5, 5.41) is 0. The average molecular weight is 335 g/mol. The average Bonchev–Trinajstić information content (AvgIpc) is 2.92. The Morgan fingerprint density at radius 3 is 2.45 bits per heavy atom. The molecule has 0 fully saturated rings. The molecule has 0 atom stereocenters. The fourth-order valence-corrected chi connectivity index (χ4v) is 3.09. The van der Waals surface area contributed by atoms with E-state index in [0.29, 0.717) is 17.0 Å². The van der Waals surface area contributed by atoms with Gasteiger partial charge in [-0.25, -0.2) is 4.98 Å². The van der Waals surface area contributed by atoms with Crippen molar-refractivity contribution in [2.75, 3.05) is 0 Å². The fraction of sp³-hybridized carbons (Fsp3) is 0.133. The highest BCUT2D eigenvalue weighted by atomic mass is 32.3. The Morgan fingerprint density at radius 2 is 1.82 bits per heavy atom. The smallest absolute Gasteiger partial charge is 0.416 e. The monoisotopic (exact) mass is 335 g/mol. The second kappa shape index (κ2) is 6.00. The van der Waals surface area contributed by atoms with Crippen molar-refractivity contribution >= 4 is 36.4 Å². The van der Waals surface area contributed by atoms with Crippen LogP contribution in [0.25, 0.3) is 22.6 Å². The van der Waals surface area contributed by atoms with Crippen molar-refractivity contribution < 1.29 is 17.6 Å². The van der Waals surface area contributed by atoms with Gasteiger partial charge in [0.15, 0.2) is 5.58 Å². The van der Waals surface area contributed by atoms with Crippen molar-refractivity contribution in [3.05, 3.63) is 53.6 Å². The Morgan fingerprint density at radius 1 is 1.09 bits per heavy atom. The predicted molar refractivity (Wildman–Crippen MR) is 81.5 cm³/mol. The molecule has 0 N–H and O–H groups in total. The second-order valence-electron chi connectivity index (χ2n) is 4.67. The van der Waals surface area contributed by atoms with Crippen molar-refractivity contribution in [1.82, 2.24) is 4.98 Å². The van der Waals surface area contributed by atoms with Gasteiger partial charge in [-0.2, -0.15) is 13.2 Å². The SMILES string of the molecule is FC(F)(F)c1ccc(-c2nc3c(C[S][Al])cccc3o2)cc1. The van der Waals surface area contributed by atoms with E-state index in [2.05, 4.69) is 20.1 Å². The summed E-state index contributed by atoms with van der Waals surface area (Å²) in [6.45, 7) is 0. The van der Waals surface area contributed by atoms with Crippen LogP contribution >= 0.6 is 10.1 Å². The molecule has 0 amide bonds. The van der Waals surface area contributed by atoms with Crippen molar-refractivity contribution in [3.8, 4) is 11.5 Å². The van der Waals surface area contributed by atoms with Gasteiger partial charge in [0.1, 0.15) is 5.52 Å². The molecule has 22 heavy (non-hydrogen) atoms. The van der Waals surface area contributed by atoms with E-state index in [4.69, 9.17) is 4.42 Å². The maximum absolute atomic E-state index is 12.6. The van der Waals surface area contributed by atoms with Crippen LogP contribution in [0.2, 0.25) is 0 Å². The first-order chi connectivity index (χ1) is 10.5. The molecule has 7 heteroatoms. The molecule has 0 aliphatic carbocycles. The van der Waals surface area contributed by atoms with Crippen molar-refractivity contribution in [1.29, 1.82) is 0 Å². The van der Waals surface area contributed by atoms with Crippen LogP contribution in [-0.2, 0) is 11.9 Å². The number of para-hydroxylation sites is 1. The highest BCUT2D eigenvalue weighted by Crippen LogP contribution is 2.32. The molecular formula is C15H9AlF3NOS. The first-order valence-electron chi connectivity index (χ1n) is 6.37. The van der Waals surface area contributed by atoms with E-state index < -0.39 is 11.7 Å². The Balaban J connectivity index is 2.01. The molecule has 3 rings (SSSR count). The molecule has 0 saturated heterocycles. The van der Waals surface area contributed by atoms with E-state index in [0.717, 1.165) is 29.0 Å². The number of alkyl halides is 3. The normalized spacial score (nSPS) is 12.0. The molecule has 1 heterocycles. The quantitative estimate of drug-likeness (QED) is 0.641. The number of benzene rings is 2. The third kappa shape index (κ3) is 3.02. The first kappa shape index (κ1) is 15.5. The van der Waals surface area contributed by atoms with E-state index >= 15 is 0 Å². The Hall–Kier alpha value is -1.42. The third-order valence-corrected chi connectivity index (χ3v) is 4.18. The van der Waals surface area contributed by atoms with Crippen LogP contribution in [0.4, 0.5) is 13.2 Å². The highest BCUT2D eigenvalue weighted by Gasteiger charge is 2.30. The molecule has 0 unspecified atom stereocenters. The van der Waals surface area contributed by atoms with Crippen LogP contribution in [-0.4, -0.2) is 20.1 Å². The summed E-state index contributed by atoms with van der Waals surface area (Å²) >= 11 is 2.58. The van der Waals surface area contributed by atoms with Gasteiger partial charge in [0, 0.05) is 5.56 Å². The van der Waals surface area contributed by atoms with Gasteiger partial charge in [-0.15, -0.1) is 0 Å². The molecular weight excluding hydrogens is 326 g/mol. The molecule has 0 bridgehead atoms. The predicted octanol–water partition coefficient (Wildman–Crippen LogP) is 4.83. The highest BCUT2D eigenvalue weighted by molar-refractivity contribution is 8.19. The summed E-state index contributed by atoms with van der Waals surface area (Å²) in [6, 6.07) is 10.4. The van der Waals surface area contributed by atoms with Gasteiger partial charge in [0.2, 0.25) is 21.0 Å². The van der Waals surface area contributed by atoms with Gasteiger partial charge in [-0.3, -0.25) is 10.1 Å². The van der Waals surface area contributed by atoms with Gasteiger partial charge in [-0.1, -0.05) is 12.1 Å². The summed E-state index contributed by atoms with van der Waals surface area (Å²) in [5.74, 6) is 1.09. The lowest BCUT2D eigenvalue weighted by Crippen LogP contribution is -2.03. The minimum Gasteiger partial charge on any atom is -0.436 e. The molecule has 3 aromatic rings. The Bertz CT molecular complexity index is 799. The summed E-state index contributed by atoms with van der Waals surface area (Å²) in [4.78, 5) is 4.42. The number of rotatable bonds is 3. The molecule has 0 aliphatic rings. The molecule has 2 nitrogen and oxygen atoms in total. The van der Waals surface area contributed by atoms with Crippen LogP contribution in [0.3, 0.4) is 0 Å². The summed E-state index contributed by atoms with van der Waals surface area (Å²) in [5.41, 5.74) is 2.24. The zero-order valence-corrected chi connectivity index (χ0v) is 13.2. The van der Waals surface area contributed by atoms with Crippen LogP contribution in [0.15, 0.2) is 46.9 Å². The molecule has 1 aromatic heterocycles. The maximum Gasteiger partial charge on any atom is 0.416 e. The van der Waals surface area contributed by atoms with Crippen LogP contribution in [0, 0.1) is 0 Å². The molecule has 2 radical (unpaired) electrons. The lowest BCUT2D eigenvalue weighted by molar-refractivity contribution is -0.137. The lowest BCUT2D eigenvalue weighted by Gasteiger charge is -2.05. The number of nitrogens with zero attached hydrogens (tertiary/aromatic N) is 1. The number of aromatic nitrogens is 1. The van der Waals surface area contributed by atoms with E-state index in [-0.39, 0.29) is 0 Å². The first-order valence-corrected chi connectivity index (χ1v) is 8.83. The van der Waals surface area contributed by atoms with Crippen LogP contribution < -0.4 is 0 Å². The van der Waals surface area contributed by atoms with E-state index in [1.807, 2.05) is 12.1 Å². The third-order valence-electron chi connectivity index (χ3n) is 3.20. The Labute approximate surface area is 136 Å². The number of oxazole rings is 1. The molecule has 110 valence electrons. The number of halogens is 3. The second-order valence-corrected chi connectivity index (χ2v) is 6.29. The van der Waals surface area contributed by atoms with E-state index in [1.165, 1.54) is 12.1 Å².